The van der Waals surface area contributed by atoms with Crippen LogP contribution in [0, 0.1) is 0 Å². The third kappa shape index (κ3) is 2.74. The van der Waals surface area contributed by atoms with Crippen LogP contribution in [0.5, 0.6) is 0 Å². The number of likely N-dealkylation sites (tertiary alicyclic amines) is 1. The Bertz CT molecular complexity index is 550. The number of hydrogen-bond acceptors (Lipinski definition) is 6. The molecule has 20 heavy (non-hydrogen) atoms. The van der Waals surface area contributed by atoms with Gasteiger partial charge in [-0.15, -0.1) is 5.10 Å². The summed E-state index contributed by atoms with van der Waals surface area (Å²) in [6.45, 7) is 2.67. The van der Waals surface area contributed by atoms with Crippen LogP contribution >= 0.6 is 0 Å². The van der Waals surface area contributed by atoms with Crippen LogP contribution in [-0.2, 0) is 4.79 Å². The highest BCUT2D eigenvalue weighted by atomic mass is 16.4. The summed E-state index contributed by atoms with van der Waals surface area (Å²) in [6.07, 6.45) is 1.35. The van der Waals surface area contributed by atoms with E-state index in [1.807, 2.05) is 10.2 Å². The Balaban J connectivity index is 1.88. The number of nitrogens with two attached hydrogens (primary N) is 1. The van der Waals surface area contributed by atoms with Gasteiger partial charge in [-0.05, 0) is 6.92 Å². The quantitative estimate of drug-likeness (QED) is 0.604. The zero-order valence-electron chi connectivity index (χ0n) is 10.7. The van der Waals surface area contributed by atoms with Gasteiger partial charge in [-0.1, -0.05) is 5.21 Å². The van der Waals surface area contributed by atoms with Crippen LogP contribution in [0.25, 0.3) is 0 Å². The molecule has 108 valence electrons. The van der Waals surface area contributed by atoms with E-state index >= 15 is 0 Å². The third-order valence-corrected chi connectivity index (χ3v) is 3.17. The molecule has 1 aromatic heterocycles. The van der Waals surface area contributed by atoms with Crippen molar-refractivity contribution in [3.8, 4) is 0 Å². The van der Waals surface area contributed by atoms with Gasteiger partial charge < -0.3 is 10.8 Å². The molecule has 2 heterocycles. The zero-order chi connectivity index (χ0) is 14.9. The maximum Gasteiger partial charge on any atom is 0.358 e. The van der Waals surface area contributed by atoms with Crippen LogP contribution in [-0.4, -0.2) is 62.0 Å². The second kappa shape index (κ2) is 5.25. The van der Waals surface area contributed by atoms with Crippen molar-refractivity contribution in [3.05, 3.63) is 11.9 Å². The number of primary amides is 1. The predicted molar refractivity (Wildman–Crippen MR) is 64.8 cm³/mol. The number of nitrogens with zero attached hydrogens (tertiary/aromatic N) is 4. The molecule has 1 fully saturated rings. The number of amides is 3. The number of imide groups is 1. The fourth-order valence-corrected chi connectivity index (χ4v) is 1.92. The highest BCUT2D eigenvalue weighted by Crippen LogP contribution is 2.22. The van der Waals surface area contributed by atoms with Crippen LogP contribution in [0.4, 0.5) is 4.79 Å². The topological polar surface area (TPSA) is 143 Å². The Morgan fingerprint density at radius 1 is 1.50 bits per heavy atom. The summed E-state index contributed by atoms with van der Waals surface area (Å²) in [5.74, 6) is -1.61. The number of carboxylic acid groups (broad SMARTS) is 1. The first kappa shape index (κ1) is 13.9. The maximum absolute atomic E-state index is 11.6. The van der Waals surface area contributed by atoms with Crippen molar-refractivity contribution in [2.75, 3.05) is 13.1 Å². The zero-order valence-corrected chi connectivity index (χ0v) is 10.7. The second-order valence-electron chi connectivity index (χ2n) is 4.53. The highest BCUT2D eigenvalue weighted by Gasteiger charge is 2.35. The van der Waals surface area contributed by atoms with Crippen LogP contribution in [0.1, 0.15) is 23.5 Å². The molecule has 0 bridgehead atoms. The first-order valence-electron chi connectivity index (χ1n) is 5.88. The largest absolute Gasteiger partial charge is 0.476 e. The number of rotatable bonds is 4. The number of aromatic nitrogens is 3. The lowest BCUT2D eigenvalue weighted by Gasteiger charge is -2.41. The Labute approximate surface area is 113 Å². The lowest BCUT2D eigenvalue weighted by molar-refractivity contribution is -0.127. The molecule has 1 atom stereocenters. The third-order valence-electron chi connectivity index (χ3n) is 3.17. The molecule has 2 rings (SSSR count). The molecule has 1 aromatic rings. The number of carbonyl (C=O) groups excluding carboxylic acids is 2. The van der Waals surface area contributed by atoms with Gasteiger partial charge in [-0.3, -0.25) is 15.0 Å². The van der Waals surface area contributed by atoms with E-state index in [1.54, 1.807) is 6.92 Å². The second-order valence-corrected chi connectivity index (χ2v) is 4.53. The van der Waals surface area contributed by atoms with Crippen LogP contribution in [0.15, 0.2) is 6.20 Å². The molecule has 1 saturated heterocycles. The lowest BCUT2D eigenvalue weighted by atomic mass is 10.1. The lowest BCUT2D eigenvalue weighted by Crippen LogP contribution is -2.57. The van der Waals surface area contributed by atoms with E-state index in [1.165, 1.54) is 10.9 Å². The SMILES string of the molecule is CC(C(=O)NC(N)=O)N1CC(n2cc(C(=O)O)nn2)C1. The van der Waals surface area contributed by atoms with E-state index in [9.17, 15) is 14.4 Å². The molecule has 0 saturated carbocycles. The molecule has 0 radical (unpaired) electrons. The van der Waals surface area contributed by atoms with Crippen molar-refractivity contribution in [1.82, 2.24) is 25.2 Å². The molecule has 0 spiro atoms. The summed E-state index contributed by atoms with van der Waals surface area (Å²) < 4.78 is 1.46. The number of urea groups is 1. The fraction of sp³-hybridized carbons (Fsp3) is 0.500. The van der Waals surface area contributed by atoms with Crippen molar-refractivity contribution >= 4 is 17.9 Å². The molecule has 4 N–H and O–H groups in total. The summed E-state index contributed by atoms with van der Waals surface area (Å²) in [4.78, 5) is 34.6. The van der Waals surface area contributed by atoms with E-state index in [-0.39, 0.29) is 11.7 Å². The minimum absolute atomic E-state index is 0.0422. The molecule has 1 unspecified atom stereocenters. The van der Waals surface area contributed by atoms with Crippen LogP contribution in [0.2, 0.25) is 0 Å². The van der Waals surface area contributed by atoms with Crippen molar-refractivity contribution in [2.45, 2.75) is 19.0 Å². The normalized spacial score (nSPS) is 17.2. The highest BCUT2D eigenvalue weighted by molar-refractivity contribution is 5.96. The molecule has 0 aromatic carbocycles. The number of carboxylic acids is 1. The van der Waals surface area contributed by atoms with E-state index in [0.29, 0.717) is 13.1 Å². The Morgan fingerprint density at radius 3 is 2.65 bits per heavy atom. The van der Waals surface area contributed by atoms with E-state index in [0.717, 1.165) is 0 Å². The van der Waals surface area contributed by atoms with E-state index < -0.39 is 23.9 Å². The average Bonchev–Trinajstić information content (AvgIpc) is 2.75. The van der Waals surface area contributed by atoms with E-state index in [4.69, 9.17) is 10.8 Å². The van der Waals surface area contributed by atoms with Crippen molar-refractivity contribution in [1.29, 1.82) is 0 Å². The van der Waals surface area contributed by atoms with Crippen LogP contribution < -0.4 is 11.1 Å². The number of hydrogen-bond donors (Lipinski definition) is 3. The summed E-state index contributed by atoms with van der Waals surface area (Å²) in [6, 6.07) is -1.43. The predicted octanol–water partition coefficient (Wildman–Crippen LogP) is -1.58. The summed E-state index contributed by atoms with van der Waals surface area (Å²) in [5, 5.41) is 18.0. The standard InChI is InChI=1S/C10H14N6O4/c1-5(8(17)12-10(11)20)15-2-6(3-15)16-4-7(9(18)19)13-14-16/h4-6H,2-3H2,1H3,(H,18,19)(H3,11,12,17,20). The smallest absolute Gasteiger partial charge is 0.358 e. The minimum atomic E-state index is -1.14. The maximum atomic E-state index is 11.6. The summed E-state index contributed by atoms with van der Waals surface area (Å²) in [5.41, 5.74) is 4.75. The Kier molecular flexibility index (Phi) is 3.66. The summed E-state index contributed by atoms with van der Waals surface area (Å²) in [7, 11) is 0. The van der Waals surface area contributed by atoms with E-state index in [2.05, 4.69) is 10.3 Å². The molecule has 10 nitrogen and oxygen atoms in total. The fourth-order valence-electron chi connectivity index (χ4n) is 1.92. The average molecular weight is 282 g/mol. The first-order valence-corrected chi connectivity index (χ1v) is 5.88. The molecule has 1 aliphatic rings. The first-order chi connectivity index (χ1) is 9.38. The van der Waals surface area contributed by atoms with Crippen LogP contribution in [0.3, 0.4) is 0 Å². The van der Waals surface area contributed by atoms with Gasteiger partial charge in [0.25, 0.3) is 0 Å². The number of nitrogens with one attached hydrogen (secondary N) is 1. The molecule has 10 heteroatoms. The van der Waals surface area contributed by atoms with Gasteiger partial charge in [0.2, 0.25) is 5.91 Å². The number of carbonyl (C=O) groups is 3. The van der Waals surface area contributed by atoms with Gasteiger partial charge in [-0.25, -0.2) is 14.3 Å². The monoisotopic (exact) mass is 282 g/mol. The molecule has 1 aliphatic heterocycles. The molecular formula is C10H14N6O4. The Morgan fingerprint density at radius 2 is 2.15 bits per heavy atom. The van der Waals surface area contributed by atoms with Crippen molar-refractivity contribution < 1.29 is 19.5 Å². The molecular weight excluding hydrogens is 268 g/mol. The number of aromatic carboxylic acids is 1. The summed E-state index contributed by atoms with van der Waals surface area (Å²) >= 11 is 0. The molecule has 0 aliphatic carbocycles. The Hall–Kier alpha value is -2.49. The molecule has 3 amide bonds. The van der Waals surface area contributed by atoms with Gasteiger partial charge in [0, 0.05) is 13.1 Å². The van der Waals surface area contributed by atoms with Gasteiger partial charge in [0.1, 0.15) is 0 Å². The van der Waals surface area contributed by atoms with Crippen molar-refractivity contribution in [3.63, 3.8) is 0 Å². The van der Waals surface area contributed by atoms with Gasteiger partial charge in [0.05, 0.1) is 18.3 Å². The van der Waals surface area contributed by atoms with Gasteiger partial charge >= 0.3 is 12.0 Å². The minimum Gasteiger partial charge on any atom is -0.476 e. The van der Waals surface area contributed by atoms with Gasteiger partial charge in [-0.2, -0.15) is 0 Å². The van der Waals surface area contributed by atoms with Crippen molar-refractivity contribution in [2.24, 2.45) is 5.73 Å². The van der Waals surface area contributed by atoms with Gasteiger partial charge in [0.15, 0.2) is 5.69 Å².